The third-order valence-corrected chi connectivity index (χ3v) is 6.99. The fraction of sp³-hybridized carbons (Fsp3) is 0.882. The second-order valence-electron chi connectivity index (χ2n) is 8.38. The Kier molecular flexibility index (Phi) is 6.14. The Morgan fingerprint density at radius 2 is 1.60 bits per heavy atom. The van der Waals surface area contributed by atoms with Crippen LogP contribution in [0, 0.1) is 11.3 Å². The molecule has 0 aliphatic heterocycles. The summed E-state index contributed by atoms with van der Waals surface area (Å²) in [5.74, 6) is -1.73. The van der Waals surface area contributed by atoms with E-state index >= 15 is 0 Å². The molecule has 0 spiro atoms. The highest BCUT2D eigenvalue weighted by molar-refractivity contribution is 7.90. The molecule has 0 aromatic heterocycles. The van der Waals surface area contributed by atoms with Gasteiger partial charge >= 0.3 is 5.97 Å². The molecule has 2 saturated carbocycles. The molecule has 2 rings (SSSR count). The zero-order valence-electron chi connectivity index (χ0n) is 15.2. The standard InChI is InChI=1S/C17H30N2O5S/c1-17(2,3)14(16(21)22)18-15(20)13(11-7-5-4-6-8-11)19-25(23,24)12-9-10-12/h11-14,19H,4-10H2,1-3H3,(H,18,20)(H,21,22). The van der Waals surface area contributed by atoms with E-state index in [1.165, 1.54) is 0 Å². The summed E-state index contributed by atoms with van der Waals surface area (Å²) in [6.07, 6.45) is 5.79. The van der Waals surface area contributed by atoms with Gasteiger partial charge in [0.15, 0.2) is 0 Å². The molecule has 1 amide bonds. The molecular weight excluding hydrogens is 344 g/mol. The maximum atomic E-state index is 12.8. The predicted octanol–water partition coefficient (Wildman–Crippen LogP) is 1.63. The molecular formula is C17H30N2O5S. The number of nitrogens with one attached hydrogen (secondary N) is 2. The van der Waals surface area contributed by atoms with Crippen molar-refractivity contribution in [1.29, 1.82) is 0 Å². The van der Waals surface area contributed by atoms with Gasteiger partial charge in [-0.2, -0.15) is 0 Å². The Morgan fingerprint density at radius 1 is 1.04 bits per heavy atom. The van der Waals surface area contributed by atoms with Crippen LogP contribution in [0.15, 0.2) is 0 Å². The SMILES string of the molecule is CC(C)(C)C(NC(=O)C(NS(=O)(=O)C1CC1)C1CCCCC1)C(=O)O. The average Bonchev–Trinajstić information content (AvgIpc) is 3.34. The summed E-state index contributed by atoms with van der Waals surface area (Å²) in [7, 11) is -3.53. The van der Waals surface area contributed by atoms with Crippen molar-refractivity contribution < 1.29 is 23.1 Å². The zero-order chi connectivity index (χ0) is 18.8. The Balaban J connectivity index is 2.17. The molecule has 0 saturated heterocycles. The summed E-state index contributed by atoms with van der Waals surface area (Å²) in [6, 6.07) is -1.97. The van der Waals surface area contributed by atoms with Crippen molar-refractivity contribution in [2.75, 3.05) is 0 Å². The summed E-state index contributed by atoms with van der Waals surface area (Å²) in [6.45, 7) is 5.20. The van der Waals surface area contributed by atoms with Crippen LogP contribution >= 0.6 is 0 Å². The van der Waals surface area contributed by atoms with Crippen LogP contribution in [0.5, 0.6) is 0 Å². The number of hydrogen-bond donors (Lipinski definition) is 3. The van der Waals surface area contributed by atoms with E-state index in [1.54, 1.807) is 20.8 Å². The Morgan fingerprint density at radius 3 is 2.04 bits per heavy atom. The van der Waals surface area contributed by atoms with E-state index in [0.29, 0.717) is 12.8 Å². The topological polar surface area (TPSA) is 113 Å². The second kappa shape index (κ2) is 7.61. The number of carboxylic acids is 1. The fourth-order valence-corrected chi connectivity index (χ4v) is 4.97. The van der Waals surface area contributed by atoms with E-state index < -0.39 is 44.6 Å². The Labute approximate surface area is 150 Å². The van der Waals surface area contributed by atoms with Crippen molar-refractivity contribution in [1.82, 2.24) is 10.0 Å². The highest BCUT2D eigenvalue weighted by Gasteiger charge is 2.42. The lowest BCUT2D eigenvalue weighted by molar-refractivity contribution is -0.145. The number of hydrogen-bond acceptors (Lipinski definition) is 4. The third-order valence-electron chi connectivity index (χ3n) is 5.06. The number of carbonyl (C=O) groups is 2. The molecule has 2 unspecified atom stereocenters. The van der Waals surface area contributed by atoms with E-state index in [4.69, 9.17) is 0 Å². The highest BCUT2D eigenvalue weighted by atomic mass is 32.2. The van der Waals surface area contributed by atoms with Crippen molar-refractivity contribution in [2.24, 2.45) is 11.3 Å². The van der Waals surface area contributed by atoms with Gasteiger partial charge in [0.2, 0.25) is 15.9 Å². The molecule has 0 aromatic rings. The van der Waals surface area contributed by atoms with Gasteiger partial charge in [-0.3, -0.25) is 4.79 Å². The molecule has 7 nitrogen and oxygen atoms in total. The molecule has 0 heterocycles. The van der Waals surface area contributed by atoms with Crippen LogP contribution in [0.1, 0.15) is 65.7 Å². The first kappa shape index (κ1) is 20.2. The van der Waals surface area contributed by atoms with E-state index in [9.17, 15) is 23.1 Å². The lowest BCUT2D eigenvalue weighted by Gasteiger charge is -2.33. The van der Waals surface area contributed by atoms with Gasteiger partial charge in [-0.25, -0.2) is 17.9 Å². The molecule has 0 radical (unpaired) electrons. The molecule has 144 valence electrons. The summed E-state index contributed by atoms with van der Waals surface area (Å²) in [4.78, 5) is 24.4. The molecule has 3 N–H and O–H groups in total. The number of aliphatic carboxylic acids is 1. The average molecular weight is 375 g/mol. The van der Waals surface area contributed by atoms with E-state index in [-0.39, 0.29) is 5.92 Å². The number of amides is 1. The van der Waals surface area contributed by atoms with Crippen molar-refractivity contribution in [3.63, 3.8) is 0 Å². The first-order valence-electron chi connectivity index (χ1n) is 9.06. The van der Waals surface area contributed by atoms with Crippen molar-refractivity contribution in [3.8, 4) is 0 Å². The van der Waals surface area contributed by atoms with Gasteiger partial charge in [0.25, 0.3) is 0 Å². The Bertz CT molecular complexity index is 601. The van der Waals surface area contributed by atoms with E-state index in [2.05, 4.69) is 10.0 Å². The zero-order valence-corrected chi connectivity index (χ0v) is 16.1. The highest BCUT2D eigenvalue weighted by Crippen LogP contribution is 2.31. The number of carboxylic acid groups (broad SMARTS) is 1. The summed E-state index contributed by atoms with van der Waals surface area (Å²) >= 11 is 0. The molecule has 8 heteroatoms. The summed E-state index contributed by atoms with van der Waals surface area (Å²) in [5.41, 5.74) is -0.673. The largest absolute Gasteiger partial charge is 0.480 e. The lowest BCUT2D eigenvalue weighted by atomic mass is 9.83. The minimum absolute atomic E-state index is 0.0864. The van der Waals surface area contributed by atoms with Crippen LogP contribution in [0.4, 0.5) is 0 Å². The van der Waals surface area contributed by atoms with Gasteiger partial charge in [-0.05, 0) is 37.0 Å². The van der Waals surface area contributed by atoms with Crippen LogP contribution in [-0.4, -0.2) is 42.7 Å². The maximum Gasteiger partial charge on any atom is 0.326 e. The molecule has 2 fully saturated rings. The summed E-state index contributed by atoms with van der Waals surface area (Å²) < 4.78 is 27.3. The normalized spacial score (nSPS) is 22.2. The van der Waals surface area contributed by atoms with Crippen molar-refractivity contribution in [3.05, 3.63) is 0 Å². The first-order chi connectivity index (χ1) is 11.5. The van der Waals surface area contributed by atoms with E-state index in [1.807, 2.05) is 0 Å². The lowest BCUT2D eigenvalue weighted by Crippen LogP contribution is -2.58. The molecule has 25 heavy (non-hydrogen) atoms. The van der Waals surface area contributed by atoms with E-state index in [0.717, 1.165) is 32.1 Å². The van der Waals surface area contributed by atoms with Gasteiger partial charge in [0, 0.05) is 0 Å². The molecule has 2 aliphatic carbocycles. The van der Waals surface area contributed by atoms with Crippen LogP contribution in [-0.2, 0) is 19.6 Å². The molecule has 2 atom stereocenters. The Hall–Kier alpha value is -1.15. The third kappa shape index (κ3) is 5.41. The first-order valence-corrected chi connectivity index (χ1v) is 10.6. The number of rotatable bonds is 7. The van der Waals surface area contributed by atoms with Crippen molar-refractivity contribution in [2.45, 2.75) is 83.1 Å². The van der Waals surface area contributed by atoms with Gasteiger partial charge in [0.1, 0.15) is 12.1 Å². The van der Waals surface area contributed by atoms with Crippen molar-refractivity contribution >= 4 is 21.9 Å². The molecule has 0 aromatic carbocycles. The van der Waals surface area contributed by atoms with Crippen LogP contribution in [0.3, 0.4) is 0 Å². The van der Waals surface area contributed by atoms with Crippen LogP contribution in [0.2, 0.25) is 0 Å². The second-order valence-corrected chi connectivity index (χ2v) is 10.4. The minimum atomic E-state index is -3.53. The quantitative estimate of drug-likeness (QED) is 0.627. The van der Waals surface area contributed by atoms with Crippen LogP contribution in [0.25, 0.3) is 0 Å². The summed E-state index contributed by atoms with van der Waals surface area (Å²) in [5, 5.41) is 11.6. The van der Waals surface area contributed by atoms with Gasteiger partial charge < -0.3 is 10.4 Å². The number of carbonyl (C=O) groups excluding carboxylic acids is 1. The van der Waals surface area contributed by atoms with Crippen LogP contribution < -0.4 is 10.0 Å². The predicted molar refractivity (Wildman–Crippen MR) is 94.5 cm³/mol. The van der Waals surface area contributed by atoms with Gasteiger partial charge in [-0.1, -0.05) is 40.0 Å². The number of sulfonamides is 1. The van der Waals surface area contributed by atoms with Gasteiger partial charge in [-0.15, -0.1) is 0 Å². The fourth-order valence-electron chi connectivity index (χ4n) is 3.36. The minimum Gasteiger partial charge on any atom is -0.480 e. The smallest absolute Gasteiger partial charge is 0.326 e. The van der Waals surface area contributed by atoms with Gasteiger partial charge in [0.05, 0.1) is 5.25 Å². The molecule has 2 aliphatic rings. The monoisotopic (exact) mass is 374 g/mol. The maximum absolute atomic E-state index is 12.8. The molecule has 0 bridgehead atoms.